The van der Waals surface area contributed by atoms with Gasteiger partial charge in [-0.25, -0.2) is 9.56 Å². The van der Waals surface area contributed by atoms with Gasteiger partial charge in [0.1, 0.15) is 0 Å². The molecule has 0 amide bonds. The van der Waals surface area contributed by atoms with Gasteiger partial charge in [-0.2, -0.15) is 14.7 Å². The van der Waals surface area contributed by atoms with Crippen LogP contribution in [0.4, 0.5) is 0 Å². The number of hydrogen-bond donors (Lipinski definition) is 5. The van der Waals surface area contributed by atoms with E-state index in [2.05, 4.69) is 18.8 Å². The molecule has 2 unspecified atom stereocenters. The van der Waals surface area contributed by atoms with Gasteiger partial charge in [0, 0.05) is 0 Å². The molecule has 0 fully saturated rings. The fraction of sp³-hybridized carbons (Fsp3) is 0.812. The number of allylic oxidation sites excluding steroid dienone is 1. The van der Waals surface area contributed by atoms with Crippen molar-refractivity contribution in [3.05, 3.63) is 11.1 Å². The van der Waals surface area contributed by atoms with E-state index in [-0.39, 0.29) is 0 Å². The lowest BCUT2D eigenvalue weighted by atomic mass is 9.79. The molecule has 7 nitrogen and oxygen atoms in total. The summed E-state index contributed by atoms with van der Waals surface area (Å²) in [6.45, 7) is 8.05. The van der Waals surface area contributed by atoms with Gasteiger partial charge in [-0.05, 0) is 50.0 Å². The van der Waals surface area contributed by atoms with Gasteiger partial charge in [0.15, 0.2) is 0 Å². The van der Waals surface area contributed by atoms with Crippen LogP contribution in [0.25, 0.3) is 0 Å². The maximum atomic E-state index is 11.8. The van der Waals surface area contributed by atoms with Crippen molar-refractivity contribution in [2.45, 2.75) is 78.2 Å². The summed E-state index contributed by atoms with van der Waals surface area (Å²) in [5, 5.41) is -1.17. The number of nitrogens with zero attached hydrogens (tertiary/aromatic N) is 1. The molecule has 0 radical (unpaired) electrons. The summed E-state index contributed by atoms with van der Waals surface area (Å²) in [5.74, 6) is 0.402. The quantitative estimate of drug-likeness (QED) is 0.253. The third-order valence-corrected chi connectivity index (χ3v) is 8.08. The summed E-state index contributed by atoms with van der Waals surface area (Å²) >= 11 is 0. The van der Waals surface area contributed by atoms with E-state index in [1.807, 2.05) is 13.8 Å². The summed E-state index contributed by atoms with van der Waals surface area (Å²) in [5.41, 5.74) is 1.34. The topological polar surface area (TPSA) is 131 Å². The highest BCUT2D eigenvalue weighted by Gasteiger charge is 2.54. The molecule has 0 saturated carbocycles. The summed E-state index contributed by atoms with van der Waals surface area (Å²) in [6, 6.07) is 0. The minimum absolute atomic E-state index is 0.402. The van der Waals surface area contributed by atoms with Crippen LogP contribution in [-0.2, 0) is 4.57 Å². The monoisotopic (exact) mass is 396 g/mol. The Hall–Kier alpha value is -0.130. The predicted octanol–water partition coefficient (Wildman–Crippen LogP) is 3.74. The molecule has 2 atom stereocenters. The van der Waals surface area contributed by atoms with Gasteiger partial charge in [-0.3, -0.25) is 0 Å². The van der Waals surface area contributed by atoms with Crippen molar-refractivity contribution in [1.82, 2.24) is 0 Å². The molecule has 0 heterocycles. The smallest absolute Gasteiger partial charge is 0.317 e. The number of rotatable bonds is 7. The molecule has 0 aromatic heterocycles. The molecule has 1 aliphatic carbocycles. The van der Waals surface area contributed by atoms with Crippen LogP contribution in [0.5, 0.6) is 0 Å². The van der Waals surface area contributed by atoms with Crippen molar-refractivity contribution in [1.29, 1.82) is 0 Å². The van der Waals surface area contributed by atoms with Crippen molar-refractivity contribution in [3.63, 3.8) is 0 Å². The summed E-state index contributed by atoms with van der Waals surface area (Å²) in [6.07, 6.45) is 5.31. The zero-order valence-corrected chi connectivity index (χ0v) is 17.3. The van der Waals surface area contributed by atoms with E-state index >= 15 is 0 Å². The lowest BCUT2D eigenvalue weighted by molar-refractivity contribution is 0.346. The zero-order chi connectivity index (χ0) is 19.5. The molecular weight excluding hydrogens is 364 g/mol. The second-order valence-corrected chi connectivity index (χ2v) is 10.0. The molecule has 0 spiro atoms. The highest BCUT2D eigenvalue weighted by atomic mass is 31.3. The second-order valence-electron chi connectivity index (χ2n) is 6.62. The van der Waals surface area contributed by atoms with Crippen LogP contribution in [0.1, 0.15) is 72.6 Å². The summed E-state index contributed by atoms with van der Waals surface area (Å²) in [7, 11) is -10.0. The maximum absolute atomic E-state index is 11.8. The van der Waals surface area contributed by atoms with Crippen LogP contribution in [0.3, 0.4) is 0 Å². The molecule has 9 heteroatoms. The average molecular weight is 396 g/mol. The van der Waals surface area contributed by atoms with Crippen molar-refractivity contribution in [2.75, 3.05) is 0 Å². The Bertz CT molecular complexity index is 578. The highest BCUT2D eigenvalue weighted by Crippen LogP contribution is 2.62. The standard InChI is InChI=1S/C16H31NO6P2/c1-5-12-10-9-11-16(8-4,14(7-3)13(12)6-2)17-15(24(18,19)20)25(21,22)23/h12,18-20H,5-11H2,1-4H3,(H-,21,22,23)/p+1. The van der Waals surface area contributed by atoms with Gasteiger partial charge in [0.2, 0.25) is 0 Å². The Morgan fingerprint density at radius 1 is 1.20 bits per heavy atom. The summed E-state index contributed by atoms with van der Waals surface area (Å²) < 4.78 is 11.8. The van der Waals surface area contributed by atoms with E-state index in [1.165, 1.54) is 5.57 Å². The van der Waals surface area contributed by atoms with Crippen molar-refractivity contribution in [3.8, 4) is 0 Å². The first-order chi connectivity index (χ1) is 11.5. The van der Waals surface area contributed by atoms with Gasteiger partial charge in [0.25, 0.3) is 0 Å². The van der Waals surface area contributed by atoms with Crippen molar-refractivity contribution >= 4 is 20.7 Å². The van der Waals surface area contributed by atoms with E-state index in [0.29, 0.717) is 25.2 Å². The molecule has 0 aliphatic heterocycles. The molecule has 146 valence electrons. The Morgan fingerprint density at radius 2 is 1.80 bits per heavy atom. The molecule has 0 saturated heterocycles. The Balaban J connectivity index is 3.73. The lowest BCUT2D eigenvalue weighted by Crippen LogP contribution is -2.31. The summed E-state index contributed by atoms with van der Waals surface area (Å²) in [4.78, 5) is 52.0. The molecule has 1 aliphatic rings. The molecular formula is C16H32NO6P2+. The Kier molecular flexibility index (Phi) is 7.98. The van der Waals surface area contributed by atoms with Crippen molar-refractivity contribution < 1.29 is 29.0 Å². The Morgan fingerprint density at radius 3 is 2.16 bits per heavy atom. The fourth-order valence-electron chi connectivity index (χ4n) is 4.11. The van der Waals surface area contributed by atoms with E-state index in [1.54, 1.807) is 0 Å². The normalized spacial score (nSPS) is 26.8. The fourth-order valence-corrected chi connectivity index (χ4v) is 6.16. The average Bonchev–Trinajstić information content (AvgIpc) is 2.66. The second kappa shape index (κ2) is 8.71. The first-order valence-electron chi connectivity index (χ1n) is 8.92. The first-order valence-corrected chi connectivity index (χ1v) is 12.2. The third kappa shape index (κ3) is 5.20. The number of hydrogen-bond acceptors (Lipinski definition) is 5. The molecule has 0 aromatic rings. The molecule has 1 rings (SSSR count). The van der Waals surface area contributed by atoms with Crippen LogP contribution in [0, 0.1) is 5.92 Å². The minimum Gasteiger partial charge on any atom is -0.317 e. The molecule has 5 N–H and O–H groups in total. The van der Waals surface area contributed by atoms with Gasteiger partial charge in [-0.15, -0.1) is 0 Å². The maximum Gasteiger partial charge on any atom is 0.469 e. The van der Waals surface area contributed by atoms with E-state index in [0.717, 1.165) is 31.3 Å². The highest BCUT2D eigenvalue weighted by molar-refractivity contribution is 8.00. The Labute approximate surface area is 150 Å². The minimum atomic E-state index is -5.09. The SMILES string of the molecule is CCC1=C(CC)C(CC)(N=C(P(=O)(O)O)[P+](O)(O)O)CCCC1CC. The third-order valence-electron chi connectivity index (χ3n) is 5.24. The van der Waals surface area contributed by atoms with Gasteiger partial charge in [0.05, 0.1) is 5.54 Å². The first kappa shape index (κ1) is 22.9. The van der Waals surface area contributed by atoms with Gasteiger partial charge in [-0.1, -0.05) is 39.7 Å². The predicted molar refractivity (Wildman–Crippen MR) is 101 cm³/mol. The van der Waals surface area contributed by atoms with Crippen LogP contribution in [-0.4, -0.2) is 35.2 Å². The van der Waals surface area contributed by atoms with Crippen molar-refractivity contribution in [2.24, 2.45) is 10.9 Å². The number of aliphatic imine (C=N–C) groups is 1. The van der Waals surface area contributed by atoms with Crippen LogP contribution < -0.4 is 0 Å². The molecule has 25 heavy (non-hydrogen) atoms. The largest absolute Gasteiger partial charge is 0.469 e. The van der Waals surface area contributed by atoms with Crippen LogP contribution in [0.15, 0.2) is 16.1 Å². The molecule has 0 aromatic carbocycles. The van der Waals surface area contributed by atoms with Crippen LogP contribution >= 0.6 is 15.5 Å². The van der Waals surface area contributed by atoms with E-state index in [9.17, 15) is 29.0 Å². The van der Waals surface area contributed by atoms with E-state index in [4.69, 9.17) is 0 Å². The molecule has 0 bridgehead atoms. The lowest BCUT2D eigenvalue weighted by Gasteiger charge is -2.33. The van der Waals surface area contributed by atoms with Gasteiger partial charge < -0.3 is 9.79 Å². The van der Waals surface area contributed by atoms with Gasteiger partial charge >= 0.3 is 20.7 Å². The van der Waals surface area contributed by atoms with E-state index < -0.39 is 26.3 Å². The zero-order valence-electron chi connectivity index (χ0n) is 15.5. The van der Waals surface area contributed by atoms with Crippen LogP contribution in [0.2, 0.25) is 0 Å².